The molecule has 0 saturated heterocycles. The quantitative estimate of drug-likeness (QED) is 0.733. The molecule has 0 N–H and O–H groups in total. The van der Waals surface area contributed by atoms with Gasteiger partial charge in [-0.3, -0.25) is 0 Å². The first-order valence-electron chi connectivity index (χ1n) is 5.16. The summed E-state index contributed by atoms with van der Waals surface area (Å²) < 4.78 is 12.7. The zero-order valence-electron chi connectivity index (χ0n) is 9.23. The van der Waals surface area contributed by atoms with Gasteiger partial charge in [-0.05, 0) is 26.0 Å². The zero-order valence-corrected chi connectivity index (χ0v) is 9.23. The number of nitrogens with zero attached hydrogens (tertiary/aromatic N) is 2. The van der Waals surface area contributed by atoms with Crippen LogP contribution < -0.4 is 9.47 Å². The van der Waals surface area contributed by atoms with Crippen LogP contribution in [0.3, 0.4) is 0 Å². The zero-order chi connectivity index (χ0) is 11.1. The molecule has 0 fully saturated rings. The third-order valence-electron chi connectivity index (χ3n) is 2.64. The second-order valence-electron chi connectivity index (χ2n) is 3.84. The lowest BCUT2D eigenvalue weighted by Crippen LogP contribution is -1.95. The van der Waals surface area contributed by atoms with Crippen LogP contribution in [-0.4, -0.2) is 16.3 Å². The van der Waals surface area contributed by atoms with E-state index in [9.17, 15) is 0 Å². The van der Waals surface area contributed by atoms with E-state index in [1.807, 2.05) is 42.8 Å². The predicted octanol–water partition coefficient (Wildman–Crippen LogP) is 2.22. The van der Waals surface area contributed by atoms with E-state index in [0.717, 1.165) is 28.7 Å². The second kappa shape index (κ2) is 3.27. The molecule has 0 saturated carbocycles. The first-order chi connectivity index (χ1) is 7.74. The minimum atomic E-state index is 0.306. The van der Waals surface area contributed by atoms with Gasteiger partial charge in [0.25, 0.3) is 0 Å². The fourth-order valence-corrected chi connectivity index (χ4v) is 1.91. The normalized spacial score (nSPS) is 13.1. The van der Waals surface area contributed by atoms with Gasteiger partial charge in [0.15, 0.2) is 11.5 Å². The van der Waals surface area contributed by atoms with Crippen molar-refractivity contribution < 1.29 is 9.47 Å². The van der Waals surface area contributed by atoms with Crippen molar-refractivity contribution in [2.24, 2.45) is 0 Å². The smallest absolute Gasteiger partial charge is 0.231 e. The maximum absolute atomic E-state index is 5.35. The van der Waals surface area contributed by atoms with E-state index in [4.69, 9.17) is 9.47 Å². The Morgan fingerprint density at radius 1 is 1.19 bits per heavy atom. The Labute approximate surface area is 93.4 Å². The van der Waals surface area contributed by atoms with Crippen molar-refractivity contribution in [2.45, 2.75) is 13.8 Å². The van der Waals surface area contributed by atoms with Crippen LogP contribution in [0.1, 0.15) is 11.5 Å². The third kappa shape index (κ3) is 1.34. The molecule has 4 nitrogen and oxygen atoms in total. The summed E-state index contributed by atoms with van der Waals surface area (Å²) in [5.74, 6) is 2.57. The lowest BCUT2D eigenvalue weighted by Gasteiger charge is -2.05. The molecule has 0 unspecified atom stereocenters. The number of hydrogen-bond acceptors (Lipinski definition) is 3. The summed E-state index contributed by atoms with van der Waals surface area (Å²) >= 11 is 0. The van der Waals surface area contributed by atoms with E-state index >= 15 is 0 Å². The third-order valence-corrected chi connectivity index (χ3v) is 2.64. The summed E-state index contributed by atoms with van der Waals surface area (Å²) in [4.78, 5) is 4.37. The summed E-state index contributed by atoms with van der Waals surface area (Å²) in [6.45, 7) is 4.27. The Kier molecular flexibility index (Phi) is 1.89. The van der Waals surface area contributed by atoms with Crippen LogP contribution in [0.15, 0.2) is 24.4 Å². The molecule has 3 rings (SSSR count). The fraction of sp³-hybridized carbons (Fsp3) is 0.250. The standard InChI is InChI=1S/C12H12N2O2/c1-8-6-14(9(2)13-8)10-3-4-11-12(5-10)16-7-15-11/h3-6H,7H2,1-2H3. The van der Waals surface area contributed by atoms with Gasteiger partial charge < -0.3 is 14.0 Å². The maximum Gasteiger partial charge on any atom is 0.231 e. The minimum Gasteiger partial charge on any atom is -0.454 e. The Hall–Kier alpha value is -1.97. The molecule has 0 spiro atoms. The summed E-state index contributed by atoms with van der Waals surface area (Å²) in [7, 11) is 0. The van der Waals surface area contributed by atoms with Gasteiger partial charge in [0, 0.05) is 12.3 Å². The molecule has 0 radical (unpaired) electrons. The molecular weight excluding hydrogens is 204 g/mol. The molecule has 0 bridgehead atoms. The van der Waals surface area contributed by atoms with E-state index in [2.05, 4.69) is 4.98 Å². The van der Waals surface area contributed by atoms with Crippen molar-refractivity contribution in [3.05, 3.63) is 35.9 Å². The van der Waals surface area contributed by atoms with Gasteiger partial charge in [0.1, 0.15) is 5.82 Å². The molecule has 82 valence electrons. The molecule has 0 atom stereocenters. The number of imidazole rings is 1. The van der Waals surface area contributed by atoms with Gasteiger partial charge in [0.05, 0.1) is 11.4 Å². The molecule has 1 aromatic carbocycles. The van der Waals surface area contributed by atoms with Crippen LogP contribution >= 0.6 is 0 Å². The van der Waals surface area contributed by atoms with E-state index in [1.54, 1.807) is 0 Å². The second-order valence-corrected chi connectivity index (χ2v) is 3.84. The molecule has 1 aliphatic heterocycles. The van der Waals surface area contributed by atoms with Crippen LogP contribution in [0.25, 0.3) is 5.69 Å². The number of rotatable bonds is 1. The van der Waals surface area contributed by atoms with E-state index in [-0.39, 0.29) is 0 Å². The largest absolute Gasteiger partial charge is 0.454 e. The van der Waals surface area contributed by atoms with Crippen molar-refractivity contribution in [2.75, 3.05) is 6.79 Å². The van der Waals surface area contributed by atoms with Gasteiger partial charge in [-0.1, -0.05) is 0 Å². The number of aryl methyl sites for hydroxylation is 2. The van der Waals surface area contributed by atoms with Crippen molar-refractivity contribution in [1.29, 1.82) is 0 Å². The average molecular weight is 216 g/mol. The first-order valence-corrected chi connectivity index (χ1v) is 5.16. The van der Waals surface area contributed by atoms with Gasteiger partial charge in [-0.15, -0.1) is 0 Å². The topological polar surface area (TPSA) is 36.3 Å². The van der Waals surface area contributed by atoms with Gasteiger partial charge >= 0.3 is 0 Å². The van der Waals surface area contributed by atoms with Crippen molar-refractivity contribution in [1.82, 2.24) is 9.55 Å². The molecule has 2 aromatic rings. The molecule has 2 heterocycles. The summed E-state index contributed by atoms with van der Waals surface area (Å²) in [6, 6.07) is 5.89. The molecule has 0 amide bonds. The summed E-state index contributed by atoms with van der Waals surface area (Å²) in [6.07, 6.45) is 2.01. The Bertz CT molecular complexity index is 546. The first kappa shape index (κ1) is 9.27. The van der Waals surface area contributed by atoms with E-state index in [0.29, 0.717) is 6.79 Å². The Balaban J connectivity index is 2.10. The Morgan fingerprint density at radius 2 is 2.00 bits per heavy atom. The molecule has 1 aliphatic rings. The number of benzene rings is 1. The van der Waals surface area contributed by atoms with Crippen LogP contribution in [0.2, 0.25) is 0 Å². The highest BCUT2D eigenvalue weighted by molar-refractivity contribution is 5.50. The van der Waals surface area contributed by atoms with E-state index < -0.39 is 0 Å². The van der Waals surface area contributed by atoms with Gasteiger partial charge in [0.2, 0.25) is 6.79 Å². The minimum absolute atomic E-state index is 0.306. The lowest BCUT2D eigenvalue weighted by atomic mass is 10.2. The van der Waals surface area contributed by atoms with Crippen molar-refractivity contribution >= 4 is 0 Å². The number of hydrogen-bond donors (Lipinski definition) is 0. The summed E-state index contributed by atoms with van der Waals surface area (Å²) in [5.41, 5.74) is 2.05. The molecule has 16 heavy (non-hydrogen) atoms. The molecule has 4 heteroatoms. The molecular formula is C12H12N2O2. The fourth-order valence-electron chi connectivity index (χ4n) is 1.91. The number of ether oxygens (including phenoxy) is 2. The van der Waals surface area contributed by atoms with Crippen LogP contribution in [0.5, 0.6) is 11.5 Å². The number of aromatic nitrogens is 2. The monoisotopic (exact) mass is 216 g/mol. The highest BCUT2D eigenvalue weighted by atomic mass is 16.7. The van der Waals surface area contributed by atoms with Crippen LogP contribution in [-0.2, 0) is 0 Å². The average Bonchev–Trinajstić information content (AvgIpc) is 2.83. The van der Waals surface area contributed by atoms with Crippen LogP contribution in [0, 0.1) is 13.8 Å². The van der Waals surface area contributed by atoms with Gasteiger partial charge in [-0.2, -0.15) is 0 Å². The maximum atomic E-state index is 5.35. The summed E-state index contributed by atoms with van der Waals surface area (Å²) in [5, 5.41) is 0. The highest BCUT2D eigenvalue weighted by Crippen LogP contribution is 2.33. The predicted molar refractivity (Wildman–Crippen MR) is 59.2 cm³/mol. The van der Waals surface area contributed by atoms with Gasteiger partial charge in [-0.25, -0.2) is 4.98 Å². The van der Waals surface area contributed by atoms with E-state index in [1.165, 1.54) is 0 Å². The Morgan fingerprint density at radius 3 is 2.75 bits per heavy atom. The molecule has 1 aromatic heterocycles. The van der Waals surface area contributed by atoms with Crippen LogP contribution in [0.4, 0.5) is 0 Å². The van der Waals surface area contributed by atoms with Crippen molar-refractivity contribution in [3.8, 4) is 17.2 Å². The molecule has 0 aliphatic carbocycles. The number of fused-ring (bicyclic) bond motifs is 1. The lowest BCUT2D eigenvalue weighted by molar-refractivity contribution is 0.174. The SMILES string of the molecule is Cc1cn(-c2ccc3c(c2)OCO3)c(C)n1. The highest BCUT2D eigenvalue weighted by Gasteiger charge is 2.14. The van der Waals surface area contributed by atoms with Crippen molar-refractivity contribution in [3.63, 3.8) is 0 Å².